The van der Waals surface area contributed by atoms with Gasteiger partial charge in [0.25, 0.3) is 0 Å². The van der Waals surface area contributed by atoms with Crippen LogP contribution in [0.4, 0.5) is 13.2 Å². The zero-order valence-corrected chi connectivity index (χ0v) is 9.40. The lowest BCUT2D eigenvalue weighted by atomic mass is 9.89. The molecule has 0 saturated heterocycles. The van der Waals surface area contributed by atoms with Crippen LogP contribution in [-0.2, 0) is 4.79 Å². The number of carbonyl (C=O) groups is 1. The summed E-state index contributed by atoms with van der Waals surface area (Å²) >= 11 is 0. The van der Waals surface area contributed by atoms with Gasteiger partial charge in [-0.1, -0.05) is 20.8 Å². The van der Waals surface area contributed by atoms with Gasteiger partial charge in [-0.25, -0.2) is 0 Å². The maximum absolute atomic E-state index is 12.1. The van der Waals surface area contributed by atoms with Crippen molar-refractivity contribution in [2.24, 2.45) is 5.41 Å². The topological polar surface area (TPSA) is 20.3 Å². The third kappa shape index (κ3) is 5.77. The summed E-state index contributed by atoms with van der Waals surface area (Å²) in [6, 6.07) is 0. The van der Waals surface area contributed by atoms with Crippen molar-refractivity contribution in [3.63, 3.8) is 0 Å². The molecule has 90 valence electrons. The summed E-state index contributed by atoms with van der Waals surface area (Å²) in [5.41, 5.74) is -0.679. The highest BCUT2D eigenvalue weighted by Crippen LogP contribution is 2.22. The van der Waals surface area contributed by atoms with E-state index in [0.29, 0.717) is 13.0 Å². The van der Waals surface area contributed by atoms with E-state index in [4.69, 9.17) is 0 Å². The van der Waals surface area contributed by atoms with Crippen molar-refractivity contribution < 1.29 is 18.0 Å². The molecule has 0 amide bonds. The Kier molecular flexibility index (Phi) is 5.28. The van der Waals surface area contributed by atoms with Crippen molar-refractivity contribution >= 4 is 6.29 Å². The number of alkyl halides is 3. The molecule has 0 rings (SSSR count). The molecule has 2 nitrogen and oxygen atoms in total. The van der Waals surface area contributed by atoms with Gasteiger partial charge in [-0.2, -0.15) is 13.2 Å². The van der Waals surface area contributed by atoms with E-state index in [0.717, 1.165) is 6.29 Å². The molecule has 0 fully saturated rings. The highest BCUT2D eigenvalue weighted by molar-refractivity contribution is 5.58. The molecule has 0 aliphatic carbocycles. The van der Waals surface area contributed by atoms with Crippen molar-refractivity contribution in [2.45, 2.75) is 33.4 Å². The molecule has 0 aromatic carbocycles. The van der Waals surface area contributed by atoms with Crippen LogP contribution in [0.25, 0.3) is 0 Å². The molecule has 0 spiro atoms. The van der Waals surface area contributed by atoms with Crippen LogP contribution in [0, 0.1) is 5.41 Å². The van der Waals surface area contributed by atoms with Gasteiger partial charge in [0.15, 0.2) is 0 Å². The van der Waals surface area contributed by atoms with Gasteiger partial charge in [-0.3, -0.25) is 4.90 Å². The van der Waals surface area contributed by atoms with Gasteiger partial charge in [0.2, 0.25) is 0 Å². The molecule has 0 aromatic rings. The molecule has 0 heterocycles. The molecule has 0 saturated carbocycles. The lowest BCUT2D eigenvalue weighted by molar-refractivity contribution is -0.149. The van der Waals surface area contributed by atoms with Gasteiger partial charge in [0.05, 0.1) is 6.54 Å². The lowest BCUT2D eigenvalue weighted by Crippen LogP contribution is -2.41. The van der Waals surface area contributed by atoms with Crippen molar-refractivity contribution in [2.75, 3.05) is 19.6 Å². The number of halogens is 3. The number of rotatable bonds is 6. The second-order valence-corrected chi connectivity index (χ2v) is 4.04. The summed E-state index contributed by atoms with van der Waals surface area (Å²) in [7, 11) is 0. The van der Waals surface area contributed by atoms with Gasteiger partial charge in [-0.05, 0) is 13.0 Å². The van der Waals surface area contributed by atoms with E-state index >= 15 is 0 Å². The summed E-state index contributed by atoms with van der Waals surface area (Å²) < 4.78 is 36.4. The van der Waals surface area contributed by atoms with Crippen molar-refractivity contribution in [1.29, 1.82) is 0 Å². The second kappa shape index (κ2) is 5.49. The third-order valence-electron chi connectivity index (χ3n) is 2.53. The van der Waals surface area contributed by atoms with E-state index in [1.165, 1.54) is 4.90 Å². The summed E-state index contributed by atoms with van der Waals surface area (Å²) in [5, 5.41) is 0. The lowest BCUT2D eigenvalue weighted by Gasteiger charge is -2.30. The smallest absolute Gasteiger partial charge is 0.303 e. The molecule has 1 unspecified atom stereocenters. The summed E-state index contributed by atoms with van der Waals surface area (Å²) in [5.74, 6) is 0. The van der Waals surface area contributed by atoms with E-state index in [-0.39, 0.29) is 6.54 Å². The summed E-state index contributed by atoms with van der Waals surface area (Å²) in [6.45, 7) is 4.64. The number of hydrogen-bond acceptors (Lipinski definition) is 2. The van der Waals surface area contributed by atoms with Crippen LogP contribution in [0.5, 0.6) is 0 Å². The number of carbonyl (C=O) groups excluding carboxylic acids is 1. The molecule has 0 bridgehead atoms. The predicted molar refractivity (Wildman–Crippen MR) is 52.6 cm³/mol. The third-order valence-corrected chi connectivity index (χ3v) is 2.53. The SMILES string of the molecule is CCN(CC(F)(F)F)CC(C)(C=O)CC. The number of aldehydes is 1. The Hall–Kier alpha value is -0.580. The second-order valence-electron chi connectivity index (χ2n) is 4.04. The van der Waals surface area contributed by atoms with E-state index in [1.54, 1.807) is 20.8 Å². The van der Waals surface area contributed by atoms with Crippen LogP contribution in [-0.4, -0.2) is 37.0 Å². The van der Waals surface area contributed by atoms with Crippen LogP contribution in [0.15, 0.2) is 0 Å². The first-order chi connectivity index (χ1) is 6.76. The fourth-order valence-corrected chi connectivity index (χ4v) is 1.28. The number of nitrogens with zero attached hydrogens (tertiary/aromatic N) is 1. The predicted octanol–water partition coefficient (Wildman–Crippen LogP) is 2.49. The molecule has 0 aliphatic rings. The Bertz CT molecular complexity index is 205. The van der Waals surface area contributed by atoms with E-state index in [2.05, 4.69) is 0 Å². The van der Waals surface area contributed by atoms with Crippen LogP contribution >= 0.6 is 0 Å². The van der Waals surface area contributed by atoms with Crippen LogP contribution in [0.1, 0.15) is 27.2 Å². The minimum absolute atomic E-state index is 0.156. The molecular formula is C10H18F3NO. The van der Waals surface area contributed by atoms with Crippen LogP contribution in [0.2, 0.25) is 0 Å². The molecule has 0 aliphatic heterocycles. The van der Waals surface area contributed by atoms with Gasteiger partial charge in [0.1, 0.15) is 6.29 Å². The standard InChI is InChI=1S/C10H18F3NO/c1-4-9(3,8-15)6-14(5-2)7-10(11,12)13/h8H,4-7H2,1-3H3. The van der Waals surface area contributed by atoms with Crippen LogP contribution < -0.4 is 0 Å². The first-order valence-corrected chi connectivity index (χ1v) is 5.01. The Morgan fingerprint density at radius 2 is 1.73 bits per heavy atom. The zero-order valence-electron chi connectivity index (χ0n) is 9.40. The average molecular weight is 225 g/mol. The minimum Gasteiger partial charge on any atom is -0.303 e. The Labute approximate surface area is 88.4 Å². The fraction of sp³-hybridized carbons (Fsp3) is 0.900. The first-order valence-electron chi connectivity index (χ1n) is 5.01. The molecule has 1 atom stereocenters. The Morgan fingerprint density at radius 1 is 1.20 bits per heavy atom. The monoisotopic (exact) mass is 225 g/mol. The highest BCUT2D eigenvalue weighted by Gasteiger charge is 2.33. The van der Waals surface area contributed by atoms with Crippen molar-refractivity contribution in [1.82, 2.24) is 4.90 Å². The largest absolute Gasteiger partial charge is 0.401 e. The quantitative estimate of drug-likeness (QED) is 0.647. The van der Waals surface area contributed by atoms with Crippen molar-refractivity contribution in [3.05, 3.63) is 0 Å². The van der Waals surface area contributed by atoms with E-state index in [1.807, 2.05) is 0 Å². The Balaban J connectivity index is 4.38. The molecular weight excluding hydrogens is 207 g/mol. The van der Waals surface area contributed by atoms with Gasteiger partial charge in [-0.15, -0.1) is 0 Å². The normalized spacial score (nSPS) is 16.5. The highest BCUT2D eigenvalue weighted by atomic mass is 19.4. The van der Waals surface area contributed by atoms with E-state index < -0.39 is 18.1 Å². The fourth-order valence-electron chi connectivity index (χ4n) is 1.28. The Morgan fingerprint density at radius 3 is 2.00 bits per heavy atom. The van der Waals surface area contributed by atoms with Gasteiger partial charge < -0.3 is 4.79 Å². The molecule has 5 heteroatoms. The zero-order chi connectivity index (χ0) is 12.1. The average Bonchev–Trinajstić information content (AvgIpc) is 2.14. The van der Waals surface area contributed by atoms with E-state index in [9.17, 15) is 18.0 Å². The molecule has 0 radical (unpaired) electrons. The summed E-state index contributed by atoms with van der Waals surface area (Å²) in [6.07, 6.45) is -2.91. The van der Waals surface area contributed by atoms with Crippen LogP contribution in [0.3, 0.4) is 0 Å². The van der Waals surface area contributed by atoms with Gasteiger partial charge in [0, 0.05) is 12.0 Å². The minimum atomic E-state index is -4.20. The molecule has 0 aromatic heterocycles. The maximum Gasteiger partial charge on any atom is 0.401 e. The molecule has 15 heavy (non-hydrogen) atoms. The summed E-state index contributed by atoms with van der Waals surface area (Å²) in [4.78, 5) is 12.0. The van der Waals surface area contributed by atoms with Gasteiger partial charge >= 0.3 is 6.18 Å². The van der Waals surface area contributed by atoms with Crippen molar-refractivity contribution in [3.8, 4) is 0 Å². The molecule has 0 N–H and O–H groups in total. The first kappa shape index (κ1) is 14.4. The number of hydrogen-bond donors (Lipinski definition) is 0. The maximum atomic E-state index is 12.1.